The molecule has 0 spiro atoms. The second-order valence-electron chi connectivity index (χ2n) is 8.08. The number of rotatable bonds is 6. The minimum atomic E-state index is -3.66. The normalized spacial score (nSPS) is 14.5. The molecule has 0 atom stereocenters. The van der Waals surface area contributed by atoms with Gasteiger partial charge in [-0.3, -0.25) is 0 Å². The van der Waals surface area contributed by atoms with E-state index in [4.69, 9.17) is 9.47 Å². The Morgan fingerprint density at radius 1 is 0.969 bits per heavy atom. The highest BCUT2D eigenvalue weighted by Gasteiger charge is 2.28. The van der Waals surface area contributed by atoms with Crippen LogP contribution in [0.3, 0.4) is 0 Å². The van der Waals surface area contributed by atoms with E-state index in [1.807, 2.05) is 44.2 Å². The third-order valence-corrected chi connectivity index (χ3v) is 7.15. The van der Waals surface area contributed by atoms with E-state index in [9.17, 15) is 12.8 Å². The number of aryl methyl sites for hydroxylation is 2. The monoisotopic (exact) mass is 455 g/mol. The molecule has 32 heavy (non-hydrogen) atoms. The first kappa shape index (κ1) is 22.5. The lowest BCUT2D eigenvalue weighted by Gasteiger charge is -2.20. The Morgan fingerprint density at radius 2 is 1.69 bits per heavy atom. The van der Waals surface area contributed by atoms with Crippen LogP contribution in [0.1, 0.15) is 27.8 Å². The van der Waals surface area contributed by atoms with Crippen LogP contribution < -0.4 is 4.74 Å². The van der Waals surface area contributed by atoms with Gasteiger partial charge in [0.2, 0.25) is 10.0 Å². The Labute approximate surface area is 188 Å². The molecule has 7 heteroatoms. The van der Waals surface area contributed by atoms with Crippen molar-refractivity contribution in [3.8, 4) is 5.75 Å². The first-order valence-corrected chi connectivity index (χ1v) is 11.9. The number of benzene rings is 3. The van der Waals surface area contributed by atoms with Gasteiger partial charge in [0, 0.05) is 18.7 Å². The van der Waals surface area contributed by atoms with Crippen molar-refractivity contribution in [1.82, 2.24) is 4.31 Å². The summed E-state index contributed by atoms with van der Waals surface area (Å²) in [6.07, 6.45) is 0. The molecule has 3 aromatic carbocycles. The molecule has 0 aromatic heterocycles. The summed E-state index contributed by atoms with van der Waals surface area (Å²) in [5.41, 5.74) is 4.27. The number of sulfonamides is 1. The average Bonchev–Trinajstić information content (AvgIpc) is 2.96. The van der Waals surface area contributed by atoms with Crippen LogP contribution in [0.2, 0.25) is 0 Å². The number of fused-ring (bicyclic) bond motifs is 1. The molecule has 0 radical (unpaired) electrons. The van der Waals surface area contributed by atoms with Crippen molar-refractivity contribution >= 4 is 10.0 Å². The van der Waals surface area contributed by atoms with Crippen LogP contribution in [-0.2, 0) is 34.5 Å². The fourth-order valence-corrected chi connectivity index (χ4v) is 5.45. The Morgan fingerprint density at radius 3 is 2.41 bits per heavy atom. The molecule has 1 heterocycles. The summed E-state index contributed by atoms with van der Waals surface area (Å²) >= 11 is 0. The van der Waals surface area contributed by atoms with Crippen LogP contribution in [0, 0.1) is 19.7 Å². The summed E-state index contributed by atoms with van der Waals surface area (Å²) in [5, 5.41) is 0. The van der Waals surface area contributed by atoms with Crippen molar-refractivity contribution < 1.29 is 22.3 Å². The number of halogens is 1. The molecule has 168 valence electrons. The van der Waals surface area contributed by atoms with E-state index in [0.717, 1.165) is 27.8 Å². The zero-order valence-electron chi connectivity index (χ0n) is 18.2. The minimum absolute atomic E-state index is 0.225. The Hall–Kier alpha value is -2.74. The zero-order chi connectivity index (χ0) is 22.7. The van der Waals surface area contributed by atoms with Crippen LogP contribution in [0.25, 0.3) is 0 Å². The van der Waals surface area contributed by atoms with Crippen molar-refractivity contribution in [2.45, 2.75) is 38.5 Å². The lowest BCUT2D eigenvalue weighted by Crippen LogP contribution is -2.32. The zero-order valence-corrected chi connectivity index (χ0v) is 19.0. The molecule has 0 aliphatic carbocycles. The van der Waals surface area contributed by atoms with Crippen molar-refractivity contribution in [2.75, 3.05) is 13.2 Å². The van der Waals surface area contributed by atoms with Gasteiger partial charge in [0.05, 0.1) is 18.1 Å². The summed E-state index contributed by atoms with van der Waals surface area (Å²) in [6, 6.07) is 17.3. The van der Waals surface area contributed by atoms with Gasteiger partial charge in [-0.25, -0.2) is 12.8 Å². The number of hydrogen-bond donors (Lipinski definition) is 0. The molecule has 4 rings (SSSR count). The van der Waals surface area contributed by atoms with Crippen molar-refractivity contribution in [3.63, 3.8) is 0 Å². The van der Waals surface area contributed by atoms with E-state index in [1.54, 1.807) is 18.2 Å². The van der Waals surface area contributed by atoms with Gasteiger partial charge >= 0.3 is 0 Å². The third-order valence-electron chi connectivity index (χ3n) is 5.33. The maximum atomic E-state index is 13.3. The summed E-state index contributed by atoms with van der Waals surface area (Å²) in [5.74, 6) is 0.385. The van der Waals surface area contributed by atoms with E-state index < -0.39 is 10.0 Å². The summed E-state index contributed by atoms with van der Waals surface area (Å²) in [7, 11) is -3.66. The van der Waals surface area contributed by atoms with Gasteiger partial charge in [0.15, 0.2) is 0 Å². The fourth-order valence-electron chi connectivity index (χ4n) is 3.86. The lowest BCUT2D eigenvalue weighted by molar-refractivity contribution is 0.107. The third kappa shape index (κ3) is 5.18. The van der Waals surface area contributed by atoms with Crippen LogP contribution >= 0.6 is 0 Å². The molecular formula is C25H26FNO4S. The largest absolute Gasteiger partial charge is 0.492 e. The number of ether oxygens (including phenoxy) is 2. The Bertz CT molecular complexity index is 1210. The van der Waals surface area contributed by atoms with Gasteiger partial charge in [-0.15, -0.1) is 0 Å². The molecule has 1 aliphatic heterocycles. The minimum Gasteiger partial charge on any atom is -0.492 e. The van der Waals surface area contributed by atoms with E-state index in [2.05, 4.69) is 0 Å². The topological polar surface area (TPSA) is 55.8 Å². The second-order valence-corrected chi connectivity index (χ2v) is 10.0. The predicted octanol–water partition coefficient (Wildman–Crippen LogP) is 4.74. The highest BCUT2D eigenvalue weighted by atomic mass is 32.2. The maximum absolute atomic E-state index is 13.3. The highest BCUT2D eigenvalue weighted by molar-refractivity contribution is 7.89. The molecular weight excluding hydrogens is 429 g/mol. The second kappa shape index (κ2) is 9.40. The first-order chi connectivity index (χ1) is 15.3. The molecule has 5 nitrogen and oxygen atoms in total. The smallest absolute Gasteiger partial charge is 0.243 e. The molecule has 0 unspecified atom stereocenters. The molecule has 0 fully saturated rings. The summed E-state index contributed by atoms with van der Waals surface area (Å²) < 4.78 is 52.9. The van der Waals surface area contributed by atoms with Crippen LogP contribution in [0.15, 0.2) is 65.6 Å². The molecule has 0 saturated carbocycles. The van der Waals surface area contributed by atoms with E-state index >= 15 is 0 Å². The van der Waals surface area contributed by atoms with E-state index in [-0.39, 0.29) is 25.5 Å². The van der Waals surface area contributed by atoms with Gasteiger partial charge < -0.3 is 9.47 Å². The van der Waals surface area contributed by atoms with Crippen LogP contribution in [0.4, 0.5) is 4.39 Å². The number of hydrogen-bond acceptors (Lipinski definition) is 4. The number of nitrogens with zero attached hydrogens (tertiary/aromatic N) is 1. The molecule has 0 N–H and O–H groups in total. The Balaban J connectivity index is 1.50. The highest BCUT2D eigenvalue weighted by Crippen LogP contribution is 2.28. The lowest BCUT2D eigenvalue weighted by atomic mass is 10.1. The van der Waals surface area contributed by atoms with Gasteiger partial charge in [-0.2, -0.15) is 4.31 Å². The molecule has 0 bridgehead atoms. The molecule has 0 amide bonds. The summed E-state index contributed by atoms with van der Waals surface area (Å²) in [4.78, 5) is 0.299. The van der Waals surface area contributed by atoms with Crippen molar-refractivity contribution in [3.05, 3.63) is 94.3 Å². The van der Waals surface area contributed by atoms with Gasteiger partial charge in [-0.1, -0.05) is 24.3 Å². The fraction of sp³-hybridized carbons (Fsp3) is 0.280. The van der Waals surface area contributed by atoms with Gasteiger partial charge in [-0.05, 0) is 72.5 Å². The van der Waals surface area contributed by atoms with E-state index in [1.165, 1.54) is 16.4 Å². The van der Waals surface area contributed by atoms with Crippen LogP contribution in [0.5, 0.6) is 5.75 Å². The average molecular weight is 456 g/mol. The molecule has 1 aliphatic rings. The standard InChI is InChI=1S/C25H26FNO4S/c1-18-10-19(2)12-24(11-18)32(28,29)27-8-9-31-25-7-6-21(13-22(25)15-27)17-30-16-20-4-3-5-23(26)14-20/h3-7,10-14H,8-9,15-17H2,1-2H3. The maximum Gasteiger partial charge on any atom is 0.243 e. The van der Waals surface area contributed by atoms with Crippen molar-refractivity contribution in [2.24, 2.45) is 0 Å². The molecule has 0 saturated heterocycles. The van der Waals surface area contributed by atoms with Crippen LogP contribution in [-0.4, -0.2) is 25.9 Å². The Kier molecular flexibility index (Phi) is 6.60. The SMILES string of the molecule is Cc1cc(C)cc(S(=O)(=O)N2CCOc3ccc(COCc4cccc(F)c4)cc3C2)c1. The quantitative estimate of drug-likeness (QED) is 0.539. The summed E-state index contributed by atoms with van der Waals surface area (Å²) in [6.45, 7) is 5.18. The van der Waals surface area contributed by atoms with Gasteiger partial charge in [0.1, 0.15) is 18.2 Å². The van der Waals surface area contributed by atoms with E-state index in [0.29, 0.717) is 23.9 Å². The van der Waals surface area contributed by atoms with Crippen molar-refractivity contribution in [1.29, 1.82) is 0 Å². The predicted molar refractivity (Wildman–Crippen MR) is 120 cm³/mol. The first-order valence-electron chi connectivity index (χ1n) is 10.5. The van der Waals surface area contributed by atoms with Gasteiger partial charge in [0.25, 0.3) is 0 Å². The molecule has 3 aromatic rings.